The molecule has 2 unspecified atom stereocenters. The first-order valence-electron chi connectivity index (χ1n) is 7.11. The first-order valence-corrected chi connectivity index (χ1v) is 7.11. The summed E-state index contributed by atoms with van der Waals surface area (Å²) in [5.74, 6) is -3.01. The minimum absolute atomic E-state index is 0.00227. The number of carbonyl (C=O) groups is 2. The Kier molecular flexibility index (Phi) is 3.45. The number of fused-ring (bicyclic) bond motifs is 3. The van der Waals surface area contributed by atoms with Crippen LogP contribution in [0.3, 0.4) is 0 Å². The van der Waals surface area contributed by atoms with Gasteiger partial charge in [0.2, 0.25) is 0 Å². The highest BCUT2D eigenvalue weighted by Gasteiger charge is 2.63. The fourth-order valence-electron chi connectivity index (χ4n) is 3.24. The van der Waals surface area contributed by atoms with E-state index in [0.717, 1.165) is 25.2 Å². The Morgan fingerprint density at radius 2 is 1.91 bits per heavy atom. The zero-order valence-electron chi connectivity index (χ0n) is 12.4. The van der Waals surface area contributed by atoms with Gasteiger partial charge in [-0.25, -0.2) is 9.59 Å². The highest BCUT2D eigenvalue weighted by atomic mass is 16.7. The van der Waals surface area contributed by atoms with Crippen molar-refractivity contribution in [1.29, 1.82) is 0 Å². The van der Waals surface area contributed by atoms with Crippen molar-refractivity contribution in [2.45, 2.75) is 37.3 Å². The molecule has 3 heterocycles. The third kappa shape index (κ3) is 2.28. The number of nitrogens with zero attached hydrogens (tertiary/aromatic N) is 2. The minimum atomic E-state index is -1.55. The number of hydrogen-bond donors (Lipinski definition) is 1. The molecule has 8 heteroatoms. The Morgan fingerprint density at radius 1 is 1.27 bits per heavy atom. The molecule has 0 amide bonds. The monoisotopic (exact) mass is 310 g/mol. The van der Waals surface area contributed by atoms with Crippen LogP contribution in [-0.4, -0.2) is 65.4 Å². The normalized spacial score (nSPS) is 38.1. The summed E-state index contributed by atoms with van der Waals surface area (Å²) in [5.41, 5.74) is -0.855. The van der Waals surface area contributed by atoms with Crippen molar-refractivity contribution in [3.05, 3.63) is 12.2 Å². The molecule has 22 heavy (non-hydrogen) atoms. The van der Waals surface area contributed by atoms with Gasteiger partial charge in [-0.2, -0.15) is 0 Å². The Morgan fingerprint density at radius 3 is 2.55 bits per heavy atom. The third-order valence-corrected chi connectivity index (χ3v) is 4.42. The second-order valence-electron chi connectivity index (χ2n) is 5.97. The lowest BCUT2D eigenvalue weighted by molar-refractivity contribution is -0.233. The van der Waals surface area contributed by atoms with E-state index in [1.54, 1.807) is 0 Å². The number of esters is 2. The standard InChI is InChI=1S/C14H18N2O6/c1-13-11(15-19)12(20-9(17)3-4-10(18)21-13)14(22-13)5-7-16(2)8-6-14/h3-4,12,19H,5-8H2,1-2H3/b4-3+,15-11-. The fraction of sp³-hybridized carbons (Fsp3) is 0.643. The van der Waals surface area contributed by atoms with Gasteiger partial charge < -0.3 is 24.3 Å². The van der Waals surface area contributed by atoms with Crippen LogP contribution in [0.25, 0.3) is 0 Å². The molecular formula is C14H18N2O6. The van der Waals surface area contributed by atoms with Crippen molar-refractivity contribution in [2.75, 3.05) is 20.1 Å². The number of oxime groups is 1. The number of piperidine rings is 1. The molecule has 120 valence electrons. The Hall–Kier alpha value is -1.93. The summed E-state index contributed by atoms with van der Waals surface area (Å²) in [6.45, 7) is 2.95. The highest BCUT2D eigenvalue weighted by molar-refractivity contribution is 6.03. The van der Waals surface area contributed by atoms with Crippen LogP contribution in [0.1, 0.15) is 19.8 Å². The van der Waals surface area contributed by atoms with E-state index in [-0.39, 0.29) is 5.71 Å². The van der Waals surface area contributed by atoms with Crippen molar-refractivity contribution in [3.63, 3.8) is 0 Å². The van der Waals surface area contributed by atoms with Crippen molar-refractivity contribution in [3.8, 4) is 0 Å². The van der Waals surface area contributed by atoms with Gasteiger partial charge in [0.15, 0.2) is 11.8 Å². The van der Waals surface area contributed by atoms with E-state index in [1.165, 1.54) is 6.92 Å². The Balaban J connectivity index is 2.04. The molecule has 2 fully saturated rings. The summed E-state index contributed by atoms with van der Waals surface area (Å²) >= 11 is 0. The summed E-state index contributed by atoms with van der Waals surface area (Å²) in [7, 11) is 1.98. The molecule has 0 radical (unpaired) electrons. The molecule has 2 bridgehead atoms. The highest BCUT2D eigenvalue weighted by Crippen LogP contribution is 2.45. The number of likely N-dealkylation sites (tertiary alicyclic amines) is 1. The van der Waals surface area contributed by atoms with Gasteiger partial charge >= 0.3 is 11.9 Å². The summed E-state index contributed by atoms with van der Waals surface area (Å²) in [6, 6.07) is 0. The fourth-order valence-corrected chi connectivity index (χ4v) is 3.24. The molecule has 2 saturated heterocycles. The van der Waals surface area contributed by atoms with Crippen LogP contribution in [0.5, 0.6) is 0 Å². The lowest BCUT2D eigenvalue weighted by Gasteiger charge is -2.40. The van der Waals surface area contributed by atoms with Crippen LogP contribution >= 0.6 is 0 Å². The van der Waals surface area contributed by atoms with E-state index >= 15 is 0 Å². The van der Waals surface area contributed by atoms with Gasteiger partial charge in [-0.1, -0.05) is 5.16 Å². The van der Waals surface area contributed by atoms with Crippen molar-refractivity contribution < 1.29 is 29.0 Å². The van der Waals surface area contributed by atoms with Crippen LogP contribution < -0.4 is 0 Å². The summed E-state index contributed by atoms with van der Waals surface area (Å²) in [4.78, 5) is 25.8. The molecule has 0 saturated carbocycles. The van der Waals surface area contributed by atoms with Gasteiger partial charge in [0.05, 0.1) is 0 Å². The van der Waals surface area contributed by atoms with E-state index < -0.39 is 29.4 Å². The van der Waals surface area contributed by atoms with Gasteiger partial charge in [-0.15, -0.1) is 0 Å². The summed E-state index contributed by atoms with van der Waals surface area (Å²) < 4.78 is 16.7. The van der Waals surface area contributed by atoms with Gasteiger partial charge in [-0.3, -0.25) is 0 Å². The van der Waals surface area contributed by atoms with Crippen molar-refractivity contribution >= 4 is 17.7 Å². The zero-order chi connectivity index (χ0) is 16.0. The van der Waals surface area contributed by atoms with Crippen LogP contribution in [0.4, 0.5) is 0 Å². The topological polar surface area (TPSA) is 97.7 Å². The molecule has 3 rings (SSSR count). The van der Waals surface area contributed by atoms with E-state index in [2.05, 4.69) is 10.1 Å². The number of ether oxygens (including phenoxy) is 3. The average Bonchev–Trinajstić information content (AvgIpc) is 2.70. The Bertz CT molecular complexity index is 564. The SMILES string of the molecule is CN1CCC2(CC1)OC1(C)OC(=O)/C=C/C(=O)OC2/C1=N/O. The summed E-state index contributed by atoms with van der Waals surface area (Å²) in [5, 5.41) is 12.6. The van der Waals surface area contributed by atoms with Gasteiger partial charge in [0, 0.05) is 32.2 Å². The van der Waals surface area contributed by atoms with E-state index in [0.29, 0.717) is 12.8 Å². The minimum Gasteiger partial charge on any atom is -0.449 e. The van der Waals surface area contributed by atoms with E-state index in [1.807, 2.05) is 7.05 Å². The van der Waals surface area contributed by atoms with E-state index in [9.17, 15) is 14.8 Å². The van der Waals surface area contributed by atoms with Crippen LogP contribution in [0.15, 0.2) is 17.3 Å². The average molecular weight is 310 g/mol. The molecule has 1 N–H and O–H groups in total. The first kappa shape index (κ1) is 15.0. The molecule has 8 nitrogen and oxygen atoms in total. The molecule has 3 aliphatic heterocycles. The molecule has 2 atom stereocenters. The number of rotatable bonds is 0. The molecular weight excluding hydrogens is 292 g/mol. The van der Waals surface area contributed by atoms with Crippen LogP contribution in [-0.2, 0) is 23.8 Å². The van der Waals surface area contributed by atoms with Gasteiger partial charge in [0.25, 0.3) is 5.79 Å². The van der Waals surface area contributed by atoms with Crippen LogP contribution in [0.2, 0.25) is 0 Å². The summed E-state index contributed by atoms with van der Waals surface area (Å²) in [6.07, 6.45) is 2.21. The van der Waals surface area contributed by atoms with Crippen molar-refractivity contribution in [1.82, 2.24) is 4.90 Å². The Labute approximate surface area is 127 Å². The van der Waals surface area contributed by atoms with E-state index in [4.69, 9.17) is 14.2 Å². The predicted octanol–water partition coefficient (Wildman–Crippen LogP) is 0.0522. The molecule has 3 aliphatic rings. The lowest BCUT2D eigenvalue weighted by atomic mass is 9.85. The number of hydrogen-bond acceptors (Lipinski definition) is 8. The quantitative estimate of drug-likeness (QED) is 0.383. The predicted molar refractivity (Wildman–Crippen MR) is 73.3 cm³/mol. The van der Waals surface area contributed by atoms with Crippen molar-refractivity contribution in [2.24, 2.45) is 5.16 Å². The maximum atomic E-state index is 11.9. The second kappa shape index (κ2) is 5.06. The molecule has 0 aliphatic carbocycles. The smallest absolute Gasteiger partial charge is 0.333 e. The third-order valence-electron chi connectivity index (χ3n) is 4.42. The second-order valence-corrected chi connectivity index (χ2v) is 5.97. The van der Waals surface area contributed by atoms with Crippen LogP contribution in [0, 0.1) is 0 Å². The largest absolute Gasteiger partial charge is 0.449 e. The number of carbonyl (C=O) groups excluding carboxylic acids is 2. The van der Waals surface area contributed by atoms with Gasteiger partial charge in [-0.05, 0) is 19.9 Å². The zero-order valence-corrected chi connectivity index (χ0v) is 12.4. The maximum absolute atomic E-state index is 11.9. The lowest BCUT2D eigenvalue weighted by Crippen LogP contribution is -2.51. The molecule has 1 spiro atoms. The maximum Gasteiger partial charge on any atom is 0.333 e. The molecule has 0 aromatic rings. The first-order chi connectivity index (χ1) is 10.4. The van der Waals surface area contributed by atoms with Gasteiger partial charge in [0.1, 0.15) is 5.60 Å². The molecule has 0 aromatic carbocycles. The molecule has 0 aromatic heterocycles.